The Bertz CT molecular complexity index is 75.2. The zero-order chi connectivity index (χ0) is 4.57. The fraction of sp³-hybridized carbons (Fsp3) is 0.667. The standard InChI is InChI=1S/C3H6NOP/c5-2-3-1-4(3)6/h2-3H,1,6H2. The van der Waals surface area contributed by atoms with Crippen LogP contribution in [0.5, 0.6) is 0 Å². The molecule has 0 aliphatic carbocycles. The van der Waals surface area contributed by atoms with E-state index in [-0.39, 0.29) is 6.04 Å². The first-order chi connectivity index (χ1) is 2.84. The summed E-state index contributed by atoms with van der Waals surface area (Å²) >= 11 is 0. The van der Waals surface area contributed by atoms with Gasteiger partial charge in [-0.1, -0.05) is 9.39 Å². The number of hydrogen-bond acceptors (Lipinski definition) is 2. The smallest absolute Gasteiger partial charge is 0.138 e. The maximum atomic E-state index is 9.72. The van der Waals surface area contributed by atoms with Gasteiger partial charge in [-0.25, -0.2) is 0 Å². The third-order valence-corrected chi connectivity index (χ3v) is 1.44. The summed E-state index contributed by atoms with van der Waals surface area (Å²) in [5, 5.41) is 0. The Morgan fingerprint density at radius 3 is 2.50 bits per heavy atom. The predicted molar refractivity (Wildman–Crippen MR) is 26.3 cm³/mol. The quantitative estimate of drug-likeness (QED) is 0.257. The molecular weight excluding hydrogens is 97.0 g/mol. The zero-order valence-electron chi connectivity index (χ0n) is 3.29. The molecule has 0 aromatic heterocycles. The normalized spacial score (nSPS) is 42.2. The number of carbonyl (C=O) groups excluding carboxylic acids is 1. The van der Waals surface area contributed by atoms with Gasteiger partial charge >= 0.3 is 0 Å². The second-order valence-electron chi connectivity index (χ2n) is 1.40. The molecule has 0 N–H and O–H groups in total. The lowest BCUT2D eigenvalue weighted by Gasteiger charge is -1.74. The molecule has 0 bridgehead atoms. The number of hydrogen-bond donors (Lipinski definition) is 0. The monoisotopic (exact) mass is 103 g/mol. The largest absolute Gasteiger partial charge is 0.302 e. The van der Waals surface area contributed by atoms with Crippen LogP contribution in [-0.4, -0.2) is 23.5 Å². The van der Waals surface area contributed by atoms with E-state index < -0.39 is 0 Å². The minimum absolute atomic E-state index is 0.218. The molecule has 1 aliphatic rings. The van der Waals surface area contributed by atoms with Crippen LogP contribution in [0, 0.1) is 0 Å². The molecule has 3 atom stereocenters. The first kappa shape index (κ1) is 4.23. The molecule has 1 aliphatic heterocycles. The zero-order valence-corrected chi connectivity index (χ0v) is 4.45. The summed E-state index contributed by atoms with van der Waals surface area (Å²) in [7, 11) is 2.45. The molecule has 3 heteroatoms. The van der Waals surface area contributed by atoms with Crippen molar-refractivity contribution in [3.05, 3.63) is 0 Å². The van der Waals surface area contributed by atoms with E-state index >= 15 is 0 Å². The van der Waals surface area contributed by atoms with Crippen LogP contribution in [0.2, 0.25) is 0 Å². The second-order valence-corrected chi connectivity index (χ2v) is 2.06. The highest BCUT2D eigenvalue weighted by Crippen LogP contribution is 2.18. The van der Waals surface area contributed by atoms with Crippen molar-refractivity contribution in [3.8, 4) is 0 Å². The van der Waals surface area contributed by atoms with Gasteiger partial charge < -0.3 is 4.79 Å². The van der Waals surface area contributed by atoms with E-state index in [4.69, 9.17) is 0 Å². The van der Waals surface area contributed by atoms with Crippen LogP contribution in [-0.2, 0) is 4.79 Å². The van der Waals surface area contributed by atoms with Crippen LogP contribution in [0.1, 0.15) is 0 Å². The van der Waals surface area contributed by atoms with Gasteiger partial charge in [-0.2, -0.15) is 0 Å². The predicted octanol–water partition coefficient (Wildman–Crippen LogP) is -0.340. The molecule has 0 aromatic rings. The van der Waals surface area contributed by atoms with Crippen LogP contribution in [0.3, 0.4) is 0 Å². The highest BCUT2D eigenvalue weighted by molar-refractivity contribution is 7.14. The van der Waals surface area contributed by atoms with Crippen molar-refractivity contribution in [2.75, 3.05) is 6.54 Å². The molecule has 1 fully saturated rings. The van der Waals surface area contributed by atoms with E-state index in [0.717, 1.165) is 12.8 Å². The molecule has 0 radical (unpaired) electrons. The van der Waals surface area contributed by atoms with Crippen molar-refractivity contribution in [1.82, 2.24) is 4.67 Å². The molecule has 0 aromatic carbocycles. The Kier molecular flexibility index (Phi) is 0.904. The topological polar surface area (TPSA) is 20.1 Å². The summed E-state index contributed by atoms with van der Waals surface area (Å²) in [6, 6.07) is 0.218. The lowest BCUT2D eigenvalue weighted by atomic mass is 10.6. The van der Waals surface area contributed by atoms with Crippen molar-refractivity contribution >= 4 is 15.7 Å². The molecule has 34 valence electrons. The van der Waals surface area contributed by atoms with Crippen molar-refractivity contribution < 1.29 is 4.79 Å². The molecule has 3 unspecified atom stereocenters. The summed E-state index contributed by atoms with van der Waals surface area (Å²) in [5.74, 6) is 0. The number of aldehydes is 1. The van der Waals surface area contributed by atoms with Crippen molar-refractivity contribution in [3.63, 3.8) is 0 Å². The highest BCUT2D eigenvalue weighted by atomic mass is 31.0. The van der Waals surface area contributed by atoms with Gasteiger partial charge in [0.15, 0.2) is 0 Å². The fourth-order valence-electron chi connectivity index (χ4n) is 0.290. The van der Waals surface area contributed by atoms with Gasteiger partial charge in [0.25, 0.3) is 0 Å². The highest BCUT2D eigenvalue weighted by Gasteiger charge is 2.28. The van der Waals surface area contributed by atoms with E-state index in [1.165, 1.54) is 0 Å². The Labute approximate surface area is 38.8 Å². The minimum atomic E-state index is 0.218. The van der Waals surface area contributed by atoms with Crippen molar-refractivity contribution in [2.24, 2.45) is 0 Å². The molecule has 6 heavy (non-hydrogen) atoms. The molecular formula is C3H6NOP. The number of rotatable bonds is 1. The summed E-state index contributed by atoms with van der Waals surface area (Å²) in [4.78, 5) is 9.72. The van der Waals surface area contributed by atoms with E-state index in [1.807, 2.05) is 4.67 Å². The van der Waals surface area contributed by atoms with E-state index in [0.29, 0.717) is 0 Å². The third-order valence-electron chi connectivity index (χ3n) is 0.847. The third kappa shape index (κ3) is 0.585. The SMILES string of the molecule is O=CC1CN1P. The van der Waals surface area contributed by atoms with Gasteiger partial charge in [0, 0.05) is 6.54 Å². The maximum absolute atomic E-state index is 9.72. The summed E-state index contributed by atoms with van der Waals surface area (Å²) in [6.45, 7) is 0.925. The van der Waals surface area contributed by atoms with E-state index in [1.54, 1.807) is 0 Å². The molecule has 2 nitrogen and oxygen atoms in total. The lowest BCUT2D eigenvalue weighted by molar-refractivity contribution is -0.107. The first-order valence-electron chi connectivity index (χ1n) is 1.81. The Morgan fingerprint density at radius 1 is 2.00 bits per heavy atom. The molecule has 1 rings (SSSR count). The Hall–Kier alpha value is 0.0600. The maximum Gasteiger partial charge on any atom is 0.138 e. The molecule has 1 saturated heterocycles. The average molecular weight is 103 g/mol. The Balaban J connectivity index is 2.25. The number of carbonyl (C=O) groups is 1. The summed E-state index contributed by atoms with van der Waals surface area (Å²) < 4.78 is 1.90. The first-order valence-corrected chi connectivity index (χ1v) is 2.33. The van der Waals surface area contributed by atoms with Crippen molar-refractivity contribution in [1.29, 1.82) is 0 Å². The van der Waals surface area contributed by atoms with Crippen LogP contribution in [0.25, 0.3) is 0 Å². The summed E-state index contributed by atoms with van der Waals surface area (Å²) in [5.41, 5.74) is 0. The van der Waals surface area contributed by atoms with Crippen molar-refractivity contribution in [2.45, 2.75) is 6.04 Å². The second kappa shape index (κ2) is 1.28. The molecule has 1 heterocycles. The minimum Gasteiger partial charge on any atom is -0.302 e. The average Bonchev–Trinajstić information content (AvgIpc) is 2.19. The van der Waals surface area contributed by atoms with Gasteiger partial charge in [-0.15, -0.1) is 0 Å². The molecule has 0 saturated carbocycles. The fourth-order valence-corrected chi connectivity index (χ4v) is 0.576. The van der Waals surface area contributed by atoms with Crippen LogP contribution < -0.4 is 0 Å². The number of nitrogens with zero attached hydrogens (tertiary/aromatic N) is 1. The van der Waals surface area contributed by atoms with E-state index in [2.05, 4.69) is 9.39 Å². The van der Waals surface area contributed by atoms with Gasteiger partial charge in [0.2, 0.25) is 0 Å². The van der Waals surface area contributed by atoms with Gasteiger partial charge in [-0.05, 0) is 0 Å². The van der Waals surface area contributed by atoms with Crippen LogP contribution in [0.4, 0.5) is 0 Å². The van der Waals surface area contributed by atoms with Crippen LogP contribution in [0.15, 0.2) is 0 Å². The van der Waals surface area contributed by atoms with E-state index in [9.17, 15) is 4.79 Å². The summed E-state index contributed by atoms with van der Waals surface area (Å²) in [6.07, 6.45) is 0.951. The van der Waals surface area contributed by atoms with Gasteiger partial charge in [0.1, 0.15) is 6.29 Å². The lowest BCUT2D eigenvalue weighted by Crippen LogP contribution is -1.86. The molecule has 0 amide bonds. The van der Waals surface area contributed by atoms with Gasteiger partial charge in [-0.3, -0.25) is 4.67 Å². The van der Waals surface area contributed by atoms with Gasteiger partial charge in [0.05, 0.1) is 6.04 Å². The molecule has 0 spiro atoms. The van der Waals surface area contributed by atoms with Crippen LogP contribution >= 0.6 is 9.39 Å². The Morgan fingerprint density at radius 2 is 2.50 bits per heavy atom.